The zero-order chi connectivity index (χ0) is 22.8. The molecule has 4 aromatic rings. The van der Waals surface area contributed by atoms with E-state index in [0.29, 0.717) is 28.6 Å². The standard InChI is InChI=1S/C23H22N4O3S3/c28-23(24-15-18-10-11-21(32-18)33(29,30)26-12-4-5-13-26)19-16-27(17-7-2-1-3-8-17)25-22(19)20-9-6-14-31-20/h1-3,6-11,14,16H,4-5,12-13,15H2,(H,24,28). The Kier molecular flexibility index (Phi) is 6.15. The Morgan fingerprint density at radius 2 is 1.82 bits per heavy atom. The van der Waals surface area contributed by atoms with Crippen LogP contribution in [0.25, 0.3) is 16.3 Å². The molecule has 0 spiro atoms. The van der Waals surface area contributed by atoms with Crippen molar-refractivity contribution in [2.45, 2.75) is 23.6 Å². The van der Waals surface area contributed by atoms with E-state index in [9.17, 15) is 13.2 Å². The molecule has 1 amide bonds. The van der Waals surface area contributed by atoms with E-state index in [4.69, 9.17) is 0 Å². The predicted octanol–water partition coefficient (Wildman–Crippen LogP) is 4.38. The Labute approximate surface area is 200 Å². The fraction of sp³-hybridized carbons (Fsp3) is 0.217. The summed E-state index contributed by atoms with van der Waals surface area (Å²) in [5.41, 5.74) is 1.96. The zero-order valence-corrected chi connectivity index (χ0v) is 20.1. The van der Waals surface area contributed by atoms with Crippen LogP contribution in [0.3, 0.4) is 0 Å². The van der Waals surface area contributed by atoms with E-state index in [1.165, 1.54) is 27.0 Å². The molecular weight excluding hydrogens is 476 g/mol. The maximum absolute atomic E-state index is 13.1. The van der Waals surface area contributed by atoms with Gasteiger partial charge < -0.3 is 5.32 Å². The van der Waals surface area contributed by atoms with Crippen LogP contribution in [0.1, 0.15) is 28.1 Å². The summed E-state index contributed by atoms with van der Waals surface area (Å²) in [5, 5.41) is 9.55. The lowest BCUT2D eigenvalue weighted by Gasteiger charge is -2.13. The predicted molar refractivity (Wildman–Crippen MR) is 130 cm³/mol. The summed E-state index contributed by atoms with van der Waals surface area (Å²) in [6, 6.07) is 16.9. The minimum atomic E-state index is -3.45. The first-order valence-corrected chi connectivity index (χ1v) is 13.7. The lowest BCUT2D eigenvalue weighted by Crippen LogP contribution is -2.27. The number of carbonyl (C=O) groups is 1. The number of rotatable bonds is 7. The molecule has 1 aliphatic heterocycles. The van der Waals surface area contributed by atoms with Crippen molar-refractivity contribution in [3.05, 3.63) is 76.6 Å². The molecule has 5 rings (SSSR count). The average molecular weight is 499 g/mol. The summed E-state index contributed by atoms with van der Waals surface area (Å²) >= 11 is 2.73. The van der Waals surface area contributed by atoms with Gasteiger partial charge in [0.1, 0.15) is 9.90 Å². The molecule has 0 unspecified atom stereocenters. The molecule has 0 aliphatic carbocycles. The fourth-order valence-electron chi connectivity index (χ4n) is 3.76. The molecule has 170 valence electrons. The fourth-order valence-corrected chi connectivity index (χ4v) is 7.45. The van der Waals surface area contributed by atoms with Gasteiger partial charge in [-0.1, -0.05) is 24.3 Å². The van der Waals surface area contributed by atoms with Gasteiger partial charge in [0.05, 0.1) is 22.7 Å². The van der Waals surface area contributed by atoms with Crippen molar-refractivity contribution in [3.8, 4) is 16.3 Å². The normalized spacial score (nSPS) is 14.5. The molecule has 1 fully saturated rings. The lowest BCUT2D eigenvalue weighted by molar-refractivity contribution is 0.0952. The van der Waals surface area contributed by atoms with Gasteiger partial charge in [0.2, 0.25) is 0 Å². The minimum absolute atomic E-state index is 0.249. The van der Waals surface area contributed by atoms with Gasteiger partial charge in [-0.3, -0.25) is 4.79 Å². The minimum Gasteiger partial charge on any atom is -0.347 e. The monoisotopic (exact) mass is 498 g/mol. The van der Waals surface area contributed by atoms with E-state index < -0.39 is 10.0 Å². The van der Waals surface area contributed by atoms with Gasteiger partial charge in [-0.25, -0.2) is 13.1 Å². The van der Waals surface area contributed by atoms with Crippen molar-refractivity contribution >= 4 is 38.6 Å². The van der Waals surface area contributed by atoms with Crippen molar-refractivity contribution in [3.63, 3.8) is 0 Å². The Balaban J connectivity index is 1.35. The average Bonchev–Trinajstić information content (AvgIpc) is 3.64. The van der Waals surface area contributed by atoms with E-state index in [1.54, 1.807) is 23.0 Å². The molecule has 0 saturated carbocycles. The number of aromatic nitrogens is 2. The number of hydrogen-bond acceptors (Lipinski definition) is 6. The van der Waals surface area contributed by atoms with E-state index in [1.807, 2.05) is 47.8 Å². The summed E-state index contributed by atoms with van der Waals surface area (Å²) in [5.74, 6) is -0.252. The quantitative estimate of drug-likeness (QED) is 0.410. The summed E-state index contributed by atoms with van der Waals surface area (Å²) in [7, 11) is -3.45. The van der Waals surface area contributed by atoms with Gasteiger partial charge >= 0.3 is 0 Å². The molecular formula is C23H22N4O3S3. The van der Waals surface area contributed by atoms with Crippen LogP contribution in [0.4, 0.5) is 0 Å². The number of nitrogens with zero attached hydrogens (tertiary/aromatic N) is 3. The van der Waals surface area contributed by atoms with Crippen LogP contribution in [-0.4, -0.2) is 41.5 Å². The second kappa shape index (κ2) is 9.22. The molecule has 0 radical (unpaired) electrons. The smallest absolute Gasteiger partial charge is 0.255 e. The third-order valence-electron chi connectivity index (χ3n) is 5.45. The van der Waals surface area contributed by atoms with Crippen molar-refractivity contribution in [2.24, 2.45) is 0 Å². The van der Waals surface area contributed by atoms with Crippen LogP contribution in [-0.2, 0) is 16.6 Å². The second-order valence-electron chi connectivity index (χ2n) is 7.66. The first kappa shape index (κ1) is 22.0. The van der Waals surface area contributed by atoms with Crippen LogP contribution in [0.15, 0.2) is 70.4 Å². The first-order valence-electron chi connectivity index (χ1n) is 10.6. The van der Waals surface area contributed by atoms with Crippen molar-refractivity contribution in [1.82, 2.24) is 19.4 Å². The Hall–Kier alpha value is -2.79. The molecule has 1 saturated heterocycles. The van der Waals surface area contributed by atoms with Crippen LogP contribution in [0, 0.1) is 0 Å². The van der Waals surface area contributed by atoms with Crippen LogP contribution in [0.2, 0.25) is 0 Å². The number of amides is 1. The zero-order valence-electron chi connectivity index (χ0n) is 17.7. The number of hydrogen-bond donors (Lipinski definition) is 1. The van der Waals surface area contributed by atoms with Gasteiger partial charge in [0, 0.05) is 24.2 Å². The van der Waals surface area contributed by atoms with Gasteiger partial charge in [0.25, 0.3) is 15.9 Å². The second-order valence-corrected chi connectivity index (χ2v) is 11.9. The third-order valence-corrected chi connectivity index (χ3v) is 9.78. The van der Waals surface area contributed by atoms with Crippen molar-refractivity contribution in [2.75, 3.05) is 13.1 Å². The Bertz CT molecular complexity index is 1350. The largest absolute Gasteiger partial charge is 0.347 e. The molecule has 0 atom stereocenters. The van der Waals surface area contributed by atoms with Gasteiger partial charge in [0.15, 0.2) is 0 Å². The molecule has 1 N–H and O–H groups in total. The highest BCUT2D eigenvalue weighted by Gasteiger charge is 2.28. The van der Waals surface area contributed by atoms with Gasteiger partial charge in [-0.2, -0.15) is 9.40 Å². The van der Waals surface area contributed by atoms with Crippen LogP contribution in [0.5, 0.6) is 0 Å². The molecule has 10 heteroatoms. The van der Waals surface area contributed by atoms with Crippen molar-refractivity contribution in [1.29, 1.82) is 0 Å². The molecule has 4 heterocycles. The van der Waals surface area contributed by atoms with E-state index in [2.05, 4.69) is 10.4 Å². The first-order chi connectivity index (χ1) is 16.0. The number of carbonyl (C=O) groups excluding carboxylic acids is 1. The van der Waals surface area contributed by atoms with Gasteiger partial charge in [-0.15, -0.1) is 22.7 Å². The molecule has 33 heavy (non-hydrogen) atoms. The van der Waals surface area contributed by atoms with E-state index in [0.717, 1.165) is 28.3 Å². The molecule has 1 aliphatic rings. The number of para-hydroxylation sites is 1. The Morgan fingerprint density at radius 1 is 1.03 bits per heavy atom. The molecule has 1 aromatic carbocycles. The lowest BCUT2D eigenvalue weighted by atomic mass is 10.2. The highest BCUT2D eigenvalue weighted by atomic mass is 32.2. The number of benzene rings is 1. The van der Waals surface area contributed by atoms with Gasteiger partial charge in [-0.05, 0) is 48.6 Å². The molecule has 0 bridgehead atoms. The number of sulfonamides is 1. The van der Waals surface area contributed by atoms with E-state index >= 15 is 0 Å². The third kappa shape index (κ3) is 4.51. The Morgan fingerprint density at radius 3 is 2.55 bits per heavy atom. The highest BCUT2D eigenvalue weighted by molar-refractivity contribution is 7.91. The topological polar surface area (TPSA) is 84.3 Å². The summed E-state index contributed by atoms with van der Waals surface area (Å²) in [6.45, 7) is 1.39. The summed E-state index contributed by atoms with van der Waals surface area (Å²) < 4.78 is 29.1. The summed E-state index contributed by atoms with van der Waals surface area (Å²) in [4.78, 5) is 14.8. The maximum Gasteiger partial charge on any atom is 0.255 e. The molecule has 7 nitrogen and oxygen atoms in total. The molecule has 3 aromatic heterocycles. The summed E-state index contributed by atoms with van der Waals surface area (Å²) in [6.07, 6.45) is 3.53. The highest BCUT2D eigenvalue weighted by Crippen LogP contribution is 2.29. The maximum atomic E-state index is 13.1. The SMILES string of the molecule is O=C(NCc1ccc(S(=O)(=O)N2CCCC2)s1)c1cn(-c2ccccc2)nc1-c1cccs1. The van der Waals surface area contributed by atoms with Crippen LogP contribution >= 0.6 is 22.7 Å². The van der Waals surface area contributed by atoms with Crippen LogP contribution < -0.4 is 5.32 Å². The van der Waals surface area contributed by atoms with E-state index in [-0.39, 0.29) is 12.5 Å². The number of nitrogens with one attached hydrogen (secondary N) is 1. The van der Waals surface area contributed by atoms with Crippen molar-refractivity contribution < 1.29 is 13.2 Å². The number of thiophene rings is 2.